The standard InChI is InChI=1S/C52H34/c1-4-19-35(20-5-1)38-33-18-34-39(36-21-6-2-7-22-36)49(38)50-44-29-14-16-31-46(44)51(47-32-17-15-30-45(47)50)52-43-28-13-11-26-41(43)40-25-10-12-27-42(40)48(52)37-23-8-3-9-24-37/h1-34H. The lowest BCUT2D eigenvalue weighted by atomic mass is 9.78. The Kier molecular flexibility index (Phi) is 7.25. The largest absolute Gasteiger partial charge is 0.0622 e. The van der Waals surface area contributed by atoms with Gasteiger partial charge in [-0.25, -0.2) is 0 Å². The summed E-state index contributed by atoms with van der Waals surface area (Å²) in [6.07, 6.45) is 0. The van der Waals surface area contributed by atoms with Crippen LogP contribution in [-0.4, -0.2) is 0 Å². The zero-order valence-corrected chi connectivity index (χ0v) is 28.6. The minimum Gasteiger partial charge on any atom is -0.0622 e. The van der Waals surface area contributed by atoms with E-state index in [-0.39, 0.29) is 0 Å². The molecule has 10 rings (SSSR count). The second kappa shape index (κ2) is 12.5. The lowest BCUT2D eigenvalue weighted by Gasteiger charge is -2.24. The van der Waals surface area contributed by atoms with Gasteiger partial charge in [-0.1, -0.05) is 206 Å². The molecule has 0 amide bonds. The van der Waals surface area contributed by atoms with Crippen LogP contribution in [0.15, 0.2) is 206 Å². The molecule has 0 saturated heterocycles. The van der Waals surface area contributed by atoms with Crippen LogP contribution >= 0.6 is 0 Å². The number of fused-ring (bicyclic) bond motifs is 5. The van der Waals surface area contributed by atoms with E-state index in [1.54, 1.807) is 0 Å². The van der Waals surface area contributed by atoms with Gasteiger partial charge >= 0.3 is 0 Å². The SMILES string of the molecule is c1ccc(-c2cccc(-c3ccccc3)c2-c2c3ccccc3c(-c3c(-c4ccccc4)c4ccccc4c4ccccc34)c3ccccc23)cc1. The number of hydrogen-bond donors (Lipinski definition) is 0. The van der Waals surface area contributed by atoms with Crippen LogP contribution in [0.3, 0.4) is 0 Å². The molecule has 242 valence electrons. The molecule has 0 aliphatic carbocycles. The van der Waals surface area contributed by atoms with Crippen LogP contribution < -0.4 is 0 Å². The van der Waals surface area contributed by atoms with Crippen LogP contribution in [0.4, 0.5) is 0 Å². The summed E-state index contributed by atoms with van der Waals surface area (Å²) in [7, 11) is 0. The van der Waals surface area contributed by atoms with Gasteiger partial charge in [-0.2, -0.15) is 0 Å². The molecular weight excluding hydrogens is 625 g/mol. The second-order valence-corrected chi connectivity index (χ2v) is 13.5. The molecular formula is C52H34. The average molecular weight is 659 g/mol. The van der Waals surface area contributed by atoms with E-state index in [0.29, 0.717) is 0 Å². The van der Waals surface area contributed by atoms with Gasteiger partial charge < -0.3 is 0 Å². The predicted molar refractivity (Wildman–Crippen MR) is 224 cm³/mol. The van der Waals surface area contributed by atoms with Crippen LogP contribution in [0.2, 0.25) is 0 Å². The molecule has 0 spiro atoms. The molecule has 0 bridgehead atoms. The maximum absolute atomic E-state index is 2.34. The molecule has 0 radical (unpaired) electrons. The maximum atomic E-state index is 2.34. The zero-order valence-electron chi connectivity index (χ0n) is 28.6. The maximum Gasteiger partial charge on any atom is -0.000786 e. The van der Waals surface area contributed by atoms with E-state index in [9.17, 15) is 0 Å². The highest BCUT2D eigenvalue weighted by Gasteiger charge is 2.25. The monoisotopic (exact) mass is 658 g/mol. The normalized spacial score (nSPS) is 11.5. The Labute approximate surface area is 303 Å². The third-order valence-electron chi connectivity index (χ3n) is 10.7. The molecule has 10 aromatic rings. The van der Waals surface area contributed by atoms with Gasteiger partial charge in [0.05, 0.1) is 0 Å². The van der Waals surface area contributed by atoms with Crippen LogP contribution in [0, 0.1) is 0 Å². The summed E-state index contributed by atoms with van der Waals surface area (Å²) in [6, 6.07) is 75.5. The molecule has 0 atom stereocenters. The van der Waals surface area contributed by atoms with Crippen molar-refractivity contribution in [3.63, 3.8) is 0 Å². The van der Waals surface area contributed by atoms with Crippen molar-refractivity contribution in [2.75, 3.05) is 0 Å². The van der Waals surface area contributed by atoms with Gasteiger partial charge in [-0.3, -0.25) is 0 Å². The van der Waals surface area contributed by atoms with Crippen LogP contribution in [0.25, 0.3) is 98.7 Å². The predicted octanol–water partition coefficient (Wildman–Crippen LogP) is 14.6. The summed E-state index contributed by atoms with van der Waals surface area (Å²) < 4.78 is 0. The van der Waals surface area contributed by atoms with E-state index in [4.69, 9.17) is 0 Å². The van der Waals surface area contributed by atoms with Crippen molar-refractivity contribution < 1.29 is 0 Å². The van der Waals surface area contributed by atoms with E-state index >= 15 is 0 Å². The Morgan fingerprint density at radius 3 is 0.846 bits per heavy atom. The molecule has 0 unspecified atom stereocenters. The van der Waals surface area contributed by atoms with E-state index in [1.165, 1.54) is 98.7 Å². The molecule has 0 fully saturated rings. The fraction of sp³-hybridized carbons (Fsp3) is 0. The van der Waals surface area contributed by atoms with Crippen molar-refractivity contribution >= 4 is 43.1 Å². The number of hydrogen-bond acceptors (Lipinski definition) is 0. The average Bonchev–Trinajstić information content (AvgIpc) is 3.23. The molecule has 0 heteroatoms. The third kappa shape index (κ3) is 4.77. The van der Waals surface area contributed by atoms with Crippen LogP contribution in [0.5, 0.6) is 0 Å². The summed E-state index contributed by atoms with van der Waals surface area (Å²) >= 11 is 0. The summed E-state index contributed by atoms with van der Waals surface area (Å²) in [5.41, 5.74) is 12.4. The quantitative estimate of drug-likeness (QED) is 0.128. The highest BCUT2D eigenvalue weighted by molar-refractivity contribution is 6.30. The molecule has 0 N–H and O–H groups in total. The van der Waals surface area contributed by atoms with Crippen LogP contribution in [-0.2, 0) is 0 Å². The third-order valence-corrected chi connectivity index (χ3v) is 10.7. The molecule has 0 nitrogen and oxygen atoms in total. The van der Waals surface area contributed by atoms with Crippen LogP contribution in [0.1, 0.15) is 0 Å². The zero-order chi connectivity index (χ0) is 34.4. The van der Waals surface area contributed by atoms with Gasteiger partial charge in [0.15, 0.2) is 0 Å². The van der Waals surface area contributed by atoms with Gasteiger partial charge in [-0.15, -0.1) is 0 Å². The minimum absolute atomic E-state index is 1.21. The topological polar surface area (TPSA) is 0 Å². The first kappa shape index (κ1) is 30.1. The second-order valence-electron chi connectivity index (χ2n) is 13.5. The fourth-order valence-corrected chi connectivity index (χ4v) is 8.51. The van der Waals surface area contributed by atoms with Gasteiger partial charge in [0.2, 0.25) is 0 Å². The summed E-state index contributed by atoms with van der Waals surface area (Å²) in [6.45, 7) is 0. The van der Waals surface area contributed by atoms with Crippen molar-refractivity contribution in [1.29, 1.82) is 0 Å². The number of rotatable bonds is 5. The molecule has 0 heterocycles. The lowest BCUT2D eigenvalue weighted by molar-refractivity contribution is 1.58. The van der Waals surface area contributed by atoms with Crippen molar-refractivity contribution in [2.45, 2.75) is 0 Å². The van der Waals surface area contributed by atoms with Gasteiger partial charge in [0.1, 0.15) is 0 Å². The molecule has 0 saturated carbocycles. The minimum atomic E-state index is 1.21. The molecule has 10 aromatic carbocycles. The Morgan fingerprint density at radius 2 is 0.442 bits per heavy atom. The fourth-order valence-electron chi connectivity index (χ4n) is 8.51. The Morgan fingerprint density at radius 1 is 0.154 bits per heavy atom. The van der Waals surface area contributed by atoms with E-state index in [2.05, 4.69) is 206 Å². The first-order valence-electron chi connectivity index (χ1n) is 18.0. The molecule has 0 aromatic heterocycles. The van der Waals surface area contributed by atoms with Gasteiger partial charge in [0.25, 0.3) is 0 Å². The van der Waals surface area contributed by atoms with Gasteiger partial charge in [0, 0.05) is 0 Å². The van der Waals surface area contributed by atoms with Crippen molar-refractivity contribution in [2.24, 2.45) is 0 Å². The van der Waals surface area contributed by atoms with Crippen molar-refractivity contribution in [3.05, 3.63) is 206 Å². The highest BCUT2D eigenvalue weighted by atomic mass is 14.3. The summed E-state index contributed by atoms with van der Waals surface area (Å²) in [5.74, 6) is 0. The lowest BCUT2D eigenvalue weighted by Crippen LogP contribution is -1.97. The summed E-state index contributed by atoms with van der Waals surface area (Å²) in [5, 5.41) is 10.0. The van der Waals surface area contributed by atoms with E-state index in [0.717, 1.165) is 0 Å². The first-order chi connectivity index (χ1) is 25.9. The smallest absolute Gasteiger partial charge is 0.000786 e. The first-order valence-corrected chi connectivity index (χ1v) is 18.0. The molecule has 0 aliphatic heterocycles. The Bertz CT molecular complexity index is 2810. The van der Waals surface area contributed by atoms with E-state index in [1.807, 2.05) is 0 Å². The van der Waals surface area contributed by atoms with Gasteiger partial charge in [-0.05, 0) is 98.7 Å². The molecule has 0 aliphatic rings. The number of benzene rings is 10. The van der Waals surface area contributed by atoms with Crippen molar-refractivity contribution in [3.8, 4) is 55.6 Å². The summed E-state index contributed by atoms with van der Waals surface area (Å²) in [4.78, 5) is 0. The molecule has 52 heavy (non-hydrogen) atoms. The van der Waals surface area contributed by atoms with E-state index < -0.39 is 0 Å². The van der Waals surface area contributed by atoms with Crippen molar-refractivity contribution in [1.82, 2.24) is 0 Å². The Balaban J connectivity index is 1.43. The Hall–Kier alpha value is -6.76. The highest BCUT2D eigenvalue weighted by Crippen LogP contribution is 2.53.